The van der Waals surface area contributed by atoms with Crippen molar-refractivity contribution in [3.63, 3.8) is 0 Å². The number of halogens is 1. The topological polar surface area (TPSA) is 90.9 Å². The predicted octanol–water partition coefficient (Wildman–Crippen LogP) is 4.65. The number of nitrogens with two attached hydrogens (primary N) is 1. The molecule has 3 aromatic rings. The summed E-state index contributed by atoms with van der Waals surface area (Å²) in [5, 5.41) is 15.6. The third kappa shape index (κ3) is 5.16. The highest BCUT2D eigenvalue weighted by atomic mass is 35.5. The first-order valence-electron chi connectivity index (χ1n) is 8.91. The summed E-state index contributed by atoms with van der Waals surface area (Å²) < 4.78 is 0. The van der Waals surface area contributed by atoms with Gasteiger partial charge in [0, 0.05) is 11.9 Å². The highest BCUT2D eigenvalue weighted by Crippen LogP contribution is 2.25. The fraction of sp³-hybridized carbons (Fsp3) is 0.0435. The van der Waals surface area contributed by atoms with E-state index >= 15 is 0 Å². The minimum atomic E-state index is -0.563. The molecule has 144 valence electrons. The number of amides is 1. The largest absolute Gasteiger partial charge is 0.399 e. The lowest BCUT2D eigenvalue weighted by molar-refractivity contribution is -0.112. The van der Waals surface area contributed by atoms with Crippen molar-refractivity contribution < 1.29 is 4.79 Å². The zero-order chi connectivity index (χ0) is 20.6. The minimum Gasteiger partial charge on any atom is -0.399 e. The molecule has 3 aromatic carbocycles. The quantitative estimate of drug-likeness (QED) is 0.318. The summed E-state index contributed by atoms with van der Waals surface area (Å²) >= 11 is 6.10. The highest BCUT2D eigenvalue weighted by Gasteiger charge is 2.15. The van der Waals surface area contributed by atoms with Crippen LogP contribution in [0.2, 0.25) is 5.02 Å². The SMILES string of the molecule is N#C/C(=C/NC(c1ccccc1)c1ccccc1)C(=O)Nc1ccc(N)cc1Cl. The average Bonchev–Trinajstić information content (AvgIpc) is 2.74. The van der Waals surface area contributed by atoms with E-state index in [1.807, 2.05) is 66.7 Å². The smallest absolute Gasteiger partial charge is 0.267 e. The Kier molecular flexibility index (Phi) is 6.51. The summed E-state index contributed by atoms with van der Waals surface area (Å²) in [7, 11) is 0. The number of anilines is 2. The molecule has 0 saturated carbocycles. The molecule has 0 fully saturated rings. The molecule has 6 heteroatoms. The van der Waals surface area contributed by atoms with Gasteiger partial charge in [-0.15, -0.1) is 0 Å². The Bertz CT molecular complexity index is 1020. The Hall–Kier alpha value is -3.75. The van der Waals surface area contributed by atoms with Gasteiger partial charge in [-0.3, -0.25) is 4.79 Å². The van der Waals surface area contributed by atoms with Crippen molar-refractivity contribution in [2.24, 2.45) is 0 Å². The van der Waals surface area contributed by atoms with Gasteiger partial charge >= 0.3 is 0 Å². The summed E-state index contributed by atoms with van der Waals surface area (Å²) in [6.07, 6.45) is 1.42. The van der Waals surface area contributed by atoms with Gasteiger partial charge in [-0.05, 0) is 29.3 Å². The second kappa shape index (κ2) is 9.45. The van der Waals surface area contributed by atoms with Gasteiger partial charge in [0.1, 0.15) is 11.6 Å². The van der Waals surface area contributed by atoms with Gasteiger partial charge in [0.25, 0.3) is 5.91 Å². The molecule has 0 aliphatic rings. The molecule has 0 unspecified atom stereocenters. The molecular formula is C23H19ClN4O. The molecule has 1 amide bonds. The van der Waals surface area contributed by atoms with Crippen molar-refractivity contribution in [3.05, 3.63) is 107 Å². The number of hydrogen-bond acceptors (Lipinski definition) is 4. The number of nitriles is 1. The third-order valence-electron chi connectivity index (χ3n) is 4.27. The Balaban J connectivity index is 1.83. The van der Waals surface area contributed by atoms with E-state index in [9.17, 15) is 10.1 Å². The van der Waals surface area contributed by atoms with Gasteiger partial charge in [0.15, 0.2) is 0 Å². The lowest BCUT2D eigenvalue weighted by Gasteiger charge is -2.19. The van der Waals surface area contributed by atoms with Crippen LogP contribution in [-0.4, -0.2) is 5.91 Å². The molecule has 0 aliphatic carbocycles. The molecule has 29 heavy (non-hydrogen) atoms. The van der Waals surface area contributed by atoms with Crippen molar-refractivity contribution in [3.8, 4) is 6.07 Å². The Morgan fingerprint density at radius 1 is 1.00 bits per heavy atom. The molecule has 0 atom stereocenters. The second-order valence-corrected chi connectivity index (χ2v) is 6.69. The van der Waals surface area contributed by atoms with Crippen LogP contribution < -0.4 is 16.4 Å². The maximum absolute atomic E-state index is 12.5. The van der Waals surface area contributed by atoms with E-state index in [0.717, 1.165) is 11.1 Å². The normalized spacial score (nSPS) is 11.0. The third-order valence-corrected chi connectivity index (χ3v) is 4.58. The van der Waals surface area contributed by atoms with Gasteiger partial charge in [-0.1, -0.05) is 72.3 Å². The lowest BCUT2D eigenvalue weighted by atomic mass is 9.99. The summed E-state index contributed by atoms with van der Waals surface area (Å²) in [5.41, 5.74) is 8.48. The van der Waals surface area contributed by atoms with Crippen LogP contribution >= 0.6 is 11.6 Å². The molecular weight excluding hydrogens is 384 g/mol. The number of carbonyl (C=O) groups excluding carboxylic acids is 1. The lowest BCUT2D eigenvalue weighted by Crippen LogP contribution is -2.21. The molecule has 0 bridgehead atoms. The van der Waals surface area contributed by atoms with Crippen molar-refractivity contribution in [1.82, 2.24) is 5.32 Å². The highest BCUT2D eigenvalue weighted by molar-refractivity contribution is 6.34. The van der Waals surface area contributed by atoms with E-state index < -0.39 is 5.91 Å². The molecule has 3 rings (SSSR count). The average molecular weight is 403 g/mol. The molecule has 4 N–H and O–H groups in total. The van der Waals surface area contributed by atoms with Crippen molar-refractivity contribution in [2.45, 2.75) is 6.04 Å². The van der Waals surface area contributed by atoms with Crippen LogP contribution in [0.4, 0.5) is 11.4 Å². The van der Waals surface area contributed by atoms with E-state index in [4.69, 9.17) is 17.3 Å². The molecule has 0 aliphatic heterocycles. The van der Waals surface area contributed by atoms with Gasteiger partial charge < -0.3 is 16.4 Å². The van der Waals surface area contributed by atoms with E-state index in [1.165, 1.54) is 12.3 Å². The number of rotatable bonds is 6. The number of benzene rings is 3. The molecule has 0 heterocycles. The molecule has 0 aromatic heterocycles. The van der Waals surface area contributed by atoms with Crippen LogP contribution in [0, 0.1) is 11.3 Å². The molecule has 0 radical (unpaired) electrons. The van der Waals surface area contributed by atoms with E-state index in [1.54, 1.807) is 12.1 Å². The van der Waals surface area contributed by atoms with E-state index in [-0.39, 0.29) is 11.6 Å². The number of hydrogen-bond donors (Lipinski definition) is 3. The first-order valence-corrected chi connectivity index (χ1v) is 9.29. The van der Waals surface area contributed by atoms with Gasteiger partial charge in [0.2, 0.25) is 0 Å². The van der Waals surface area contributed by atoms with Gasteiger partial charge in [0.05, 0.1) is 16.8 Å². The van der Waals surface area contributed by atoms with Gasteiger partial charge in [-0.25, -0.2) is 0 Å². The summed E-state index contributed by atoms with van der Waals surface area (Å²) in [4.78, 5) is 12.5. The maximum Gasteiger partial charge on any atom is 0.267 e. The first kappa shape index (κ1) is 20.0. The summed E-state index contributed by atoms with van der Waals surface area (Å²) in [6, 6.07) is 26.0. The monoisotopic (exact) mass is 402 g/mol. The number of nitrogen functional groups attached to an aromatic ring is 1. The van der Waals surface area contributed by atoms with Crippen LogP contribution in [0.3, 0.4) is 0 Å². The van der Waals surface area contributed by atoms with Gasteiger partial charge in [-0.2, -0.15) is 5.26 Å². The van der Waals surface area contributed by atoms with Crippen molar-refractivity contribution in [2.75, 3.05) is 11.1 Å². The first-order chi connectivity index (χ1) is 14.1. The predicted molar refractivity (Wildman–Crippen MR) is 116 cm³/mol. The molecule has 5 nitrogen and oxygen atoms in total. The fourth-order valence-corrected chi connectivity index (χ4v) is 3.05. The van der Waals surface area contributed by atoms with Crippen LogP contribution in [-0.2, 0) is 4.79 Å². The Morgan fingerprint density at radius 3 is 2.10 bits per heavy atom. The fourth-order valence-electron chi connectivity index (χ4n) is 2.81. The van der Waals surface area contributed by atoms with E-state index in [2.05, 4.69) is 10.6 Å². The van der Waals surface area contributed by atoms with Crippen molar-refractivity contribution in [1.29, 1.82) is 5.26 Å². The summed E-state index contributed by atoms with van der Waals surface area (Å²) in [6.45, 7) is 0. The molecule has 0 spiro atoms. The van der Waals surface area contributed by atoms with Crippen LogP contribution in [0.1, 0.15) is 17.2 Å². The second-order valence-electron chi connectivity index (χ2n) is 6.28. The number of carbonyl (C=O) groups is 1. The van der Waals surface area contributed by atoms with Crippen LogP contribution in [0.15, 0.2) is 90.6 Å². The Labute approximate surface area is 174 Å². The maximum atomic E-state index is 12.5. The van der Waals surface area contributed by atoms with Crippen LogP contribution in [0.5, 0.6) is 0 Å². The molecule has 0 saturated heterocycles. The van der Waals surface area contributed by atoms with Crippen molar-refractivity contribution >= 4 is 28.9 Å². The standard InChI is InChI=1S/C23H19ClN4O/c24-20-13-19(26)11-12-21(20)28-23(29)18(14-25)15-27-22(16-7-3-1-4-8-16)17-9-5-2-6-10-17/h1-13,15,22,27H,26H2,(H,28,29)/b18-15-. The Morgan fingerprint density at radius 2 is 1.59 bits per heavy atom. The number of nitrogens with zero attached hydrogens (tertiary/aromatic N) is 1. The van der Waals surface area contributed by atoms with E-state index in [0.29, 0.717) is 16.4 Å². The zero-order valence-corrected chi connectivity index (χ0v) is 16.2. The minimum absolute atomic E-state index is 0.0743. The van der Waals surface area contributed by atoms with Crippen LogP contribution in [0.25, 0.3) is 0 Å². The zero-order valence-electron chi connectivity index (χ0n) is 15.5. The number of nitrogens with one attached hydrogen (secondary N) is 2. The summed E-state index contributed by atoms with van der Waals surface area (Å²) in [5.74, 6) is -0.563.